The minimum Gasteiger partial charge on any atom is -0.309 e. The first-order valence-electron chi connectivity index (χ1n) is 22.6. The summed E-state index contributed by atoms with van der Waals surface area (Å²) in [6, 6.07) is 64.1. The van der Waals surface area contributed by atoms with Crippen LogP contribution >= 0.6 is 7.14 Å². The molecule has 9 aromatic carbocycles. The summed E-state index contributed by atoms with van der Waals surface area (Å²) < 4.78 is 18.8. The molecule has 0 saturated carbocycles. The van der Waals surface area contributed by atoms with Gasteiger partial charge in [-0.1, -0.05) is 175 Å². The lowest BCUT2D eigenvalue weighted by Gasteiger charge is -2.33. The van der Waals surface area contributed by atoms with Gasteiger partial charge in [0.05, 0.1) is 0 Å². The zero-order valence-electron chi connectivity index (χ0n) is 37.5. The predicted octanol–water partition coefficient (Wildman–Crippen LogP) is 15.0. The van der Waals surface area contributed by atoms with Gasteiger partial charge < -0.3 is 4.57 Å². The van der Waals surface area contributed by atoms with Crippen molar-refractivity contribution in [2.75, 3.05) is 0 Å². The molecule has 0 aliphatic heterocycles. The van der Waals surface area contributed by atoms with E-state index in [0.717, 1.165) is 60.4 Å². The van der Waals surface area contributed by atoms with Gasteiger partial charge in [0.25, 0.3) is 0 Å². The topological polar surface area (TPSA) is 17.1 Å². The molecular weight excluding hydrogens is 792 g/mol. The highest BCUT2D eigenvalue weighted by Crippen LogP contribution is 2.58. The first-order valence-corrected chi connectivity index (χ1v) is 24.3. The van der Waals surface area contributed by atoms with Gasteiger partial charge in [-0.05, 0) is 167 Å². The summed E-state index contributed by atoms with van der Waals surface area (Å²) in [5.74, 6) is 0. The minimum atomic E-state index is -3.90. The van der Waals surface area contributed by atoms with Crippen LogP contribution in [0.5, 0.6) is 0 Å². The zero-order chi connectivity index (χ0) is 43.9. The summed E-state index contributed by atoms with van der Waals surface area (Å²) in [6.07, 6.45) is 1.39. The Morgan fingerprint density at radius 1 is 0.344 bits per heavy atom. The summed E-state index contributed by atoms with van der Waals surface area (Å²) in [5.41, 5.74) is 26.0. The van der Waals surface area contributed by atoms with Crippen LogP contribution in [0.15, 0.2) is 176 Å². The van der Waals surface area contributed by atoms with Gasteiger partial charge in [-0.25, -0.2) is 0 Å². The normalized spacial score (nSPS) is 12.5. The first-order chi connectivity index (χ1) is 31.1. The van der Waals surface area contributed by atoms with E-state index in [4.69, 9.17) is 0 Å². The summed E-state index contributed by atoms with van der Waals surface area (Å²) in [7, 11) is -3.90. The van der Waals surface area contributed by atoms with E-state index in [1.807, 2.05) is 0 Å². The van der Waals surface area contributed by atoms with Crippen molar-refractivity contribution >= 4 is 23.1 Å². The van der Waals surface area contributed by atoms with Crippen molar-refractivity contribution in [1.29, 1.82) is 0 Å². The van der Waals surface area contributed by atoms with E-state index in [-0.39, 0.29) is 0 Å². The molecule has 0 amide bonds. The molecule has 1 nitrogen and oxygen atoms in total. The first kappa shape index (κ1) is 40.0. The second-order valence-corrected chi connectivity index (χ2v) is 20.9. The van der Waals surface area contributed by atoms with Crippen molar-refractivity contribution in [3.8, 4) is 66.8 Å². The Kier molecular flexibility index (Phi) is 9.68. The van der Waals surface area contributed by atoms with Crippen LogP contribution in [0.25, 0.3) is 66.8 Å². The summed E-state index contributed by atoms with van der Waals surface area (Å²) in [6.45, 7) is 13.3. The second-order valence-electron chi connectivity index (χ2n) is 18.2. The molecule has 0 N–H and O–H groups in total. The van der Waals surface area contributed by atoms with Gasteiger partial charge in [0.15, 0.2) is 7.14 Å². The Balaban J connectivity index is 1.41. The van der Waals surface area contributed by atoms with Crippen LogP contribution in [0, 0.1) is 41.5 Å². The van der Waals surface area contributed by atoms with Gasteiger partial charge in [0.2, 0.25) is 0 Å². The van der Waals surface area contributed by atoms with Crippen LogP contribution in [0.2, 0.25) is 0 Å². The van der Waals surface area contributed by atoms with Crippen molar-refractivity contribution in [3.05, 3.63) is 232 Å². The monoisotopic (exact) mass is 842 g/mol. The van der Waals surface area contributed by atoms with E-state index in [0.29, 0.717) is 12.8 Å². The average molecular weight is 843 g/mol. The maximum Gasteiger partial charge on any atom is 0.172 e. The molecule has 0 unspecified atom stereocenters. The molecule has 64 heavy (non-hydrogen) atoms. The quantitative estimate of drug-likeness (QED) is 0.146. The Morgan fingerprint density at radius 2 is 0.688 bits per heavy atom. The molecule has 0 saturated heterocycles. The molecule has 11 rings (SSSR count). The number of hydrogen-bond acceptors (Lipinski definition) is 1. The Bertz CT molecular complexity index is 3140. The van der Waals surface area contributed by atoms with Gasteiger partial charge in [0.1, 0.15) is 0 Å². The lowest BCUT2D eigenvalue weighted by atomic mass is 9.85. The maximum absolute atomic E-state index is 18.8. The highest BCUT2D eigenvalue weighted by molar-refractivity contribution is 7.86. The number of aryl methyl sites for hydroxylation is 6. The standard InChI is InChI=1S/C62H51OP/c1-38-30-40(3)57(41(4)31-38)55-36-51-49-28-18-16-24-46(49)34-53(51)61(59(55)44-20-10-7-11-21-44)64(63,48-26-14-9-15-27-48)62-54-35-47-25-17-19-29-50(47)52(54)37-56(60(62)45-22-12-8-13-23-45)58-42(5)32-39(2)33-43(58)6/h7-33,36-37H,34-35H2,1-6H3. The van der Waals surface area contributed by atoms with Crippen molar-refractivity contribution in [2.24, 2.45) is 0 Å². The molecule has 0 spiro atoms. The van der Waals surface area contributed by atoms with Crippen LogP contribution in [0.1, 0.15) is 55.6 Å². The van der Waals surface area contributed by atoms with E-state index in [1.165, 1.54) is 77.9 Å². The maximum atomic E-state index is 18.8. The molecular formula is C62H51OP. The van der Waals surface area contributed by atoms with Gasteiger partial charge in [0, 0.05) is 27.0 Å². The van der Waals surface area contributed by atoms with Crippen molar-refractivity contribution < 1.29 is 4.57 Å². The molecule has 0 fully saturated rings. The summed E-state index contributed by atoms with van der Waals surface area (Å²) in [4.78, 5) is 0. The SMILES string of the molecule is Cc1cc(C)c(-c2cc3c(c(P(=O)(c4ccccc4)c4c5c(cc(-c6c(C)cc(C)cc6C)c4-c4ccccc4)-c4ccccc4C5)c2-c2ccccc2)Cc2ccccc2-3)c(C)c1. The lowest BCUT2D eigenvalue weighted by molar-refractivity contribution is 0.592. The molecule has 0 aromatic heterocycles. The number of rotatable bonds is 7. The fourth-order valence-corrected chi connectivity index (χ4v) is 15.2. The van der Waals surface area contributed by atoms with Crippen LogP contribution in [0.3, 0.4) is 0 Å². The fraction of sp³-hybridized carbons (Fsp3) is 0.129. The Hall–Kier alpha value is -6.79. The smallest absolute Gasteiger partial charge is 0.172 e. The number of hydrogen-bond donors (Lipinski definition) is 0. The van der Waals surface area contributed by atoms with Gasteiger partial charge in [-0.2, -0.15) is 0 Å². The zero-order valence-corrected chi connectivity index (χ0v) is 38.4. The largest absolute Gasteiger partial charge is 0.309 e. The van der Waals surface area contributed by atoms with E-state index in [2.05, 4.69) is 217 Å². The summed E-state index contributed by atoms with van der Waals surface area (Å²) >= 11 is 0. The third-order valence-corrected chi connectivity index (χ3v) is 17.2. The molecule has 2 aliphatic rings. The Labute approximate surface area is 378 Å². The fourth-order valence-electron chi connectivity index (χ4n) is 11.6. The molecule has 0 heterocycles. The van der Waals surface area contributed by atoms with Crippen molar-refractivity contribution in [2.45, 2.75) is 54.4 Å². The minimum absolute atomic E-state index is 0.697. The third kappa shape index (κ3) is 6.24. The van der Waals surface area contributed by atoms with Gasteiger partial charge >= 0.3 is 0 Å². The van der Waals surface area contributed by atoms with Crippen LogP contribution in [0.4, 0.5) is 0 Å². The molecule has 0 bridgehead atoms. The van der Waals surface area contributed by atoms with E-state index < -0.39 is 7.14 Å². The third-order valence-electron chi connectivity index (χ3n) is 13.9. The Morgan fingerprint density at radius 3 is 1.08 bits per heavy atom. The predicted molar refractivity (Wildman–Crippen MR) is 272 cm³/mol. The molecule has 2 heteroatoms. The van der Waals surface area contributed by atoms with Crippen molar-refractivity contribution in [1.82, 2.24) is 0 Å². The number of benzene rings is 9. The van der Waals surface area contributed by atoms with Gasteiger partial charge in [-0.15, -0.1) is 0 Å². The second kappa shape index (κ2) is 15.5. The van der Waals surface area contributed by atoms with Crippen LogP contribution < -0.4 is 15.9 Å². The molecule has 310 valence electrons. The van der Waals surface area contributed by atoms with E-state index in [1.54, 1.807) is 0 Å². The molecule has 0 radical (unpaired) electrons. The molecule has 0 atom stereocenters. The average Bonchev–Trinajstić information content (AvgIpc) is 3.86. The highest BCUT2D eigenvalue weighted by atomic mass is 31.2. The van der Waals surface area contributed by atoms with E-state index >= 15 is 4.57 Å². The van der Waals surface area contributed by atoms with E-state index in [9.17, 15) is 0 Å². The highest BCUT2D eigenvalue weighted by Gasteiger charge is 2.44. The molecule has 2 aliphatic carbocycles. The van der Waals surface area contributed by atoms with Crippen LogP contribution in [-0.2, 0) is 17.4 Å². The van der Waals surface area contributed by atoms with Crippen LogP contribution in [-0.4, -0.2) is 0 Å². The summed E-state index contributed by atoms with van der Waals surface area (Å²) in [5, 5.41) is 2.76. The molecule has 9 aromatic rings. The van der Waals surface area contributed by atoms with Gasteiger partial charge in [-0.3, -0.25) is 0 Å². The number of fused-ring (bicyclic) bond motifs is 6. The lowest BCUT2D eigenvalue weighted by Crippen LogP contribution is -2.33. The van der Waals surface area contributed by atoms with Crippen molar-refractivity contribution in [3.63, 3.8) is 0 Å².